The Morgan fingerprint density at radius 2 is 2.15 bits per heavy atom. The minimum Gasteiger partial charge on any atom is -0.291 e. The number of carbonyl (C=O) groups excluding carboxylic acids is 1. The van der Waals surface area contributed by atoms with Gasteiger partial charge >= 0.3 is 0 Å². The fourth-order valence-corrected chi connectivity index (χ4v) is 0.834. The molecule has 0 N–H and O–H groups in total. The average Bonchev–Trinajstić information content (AvgIpc) is 2.15. The van der Waals surface area contributed by atoms with Crippen molar-refractivity contribution in [1.82, 2.24) is 9.97 Å². The van der Waals surface area contributed by atoms with Crippen molar-refractivity contribution in [3.05, 3.63) is 23.8 Å². The molecule has 1 heterocycles. The Hall–Kier alpha value is -1.69. The largest absolute Gasteiger partial charge is 0.291 e. The van der Waals surface area contributed by atoms with Gasteiger partial charge in [-0.25, -0.2) is 9.97 Å². The Labute approximate surface area is 77.2 Å². The Kier molecular flexibility index (Phi) is 3.15. The third kappa shape index (κ3) is 2.68. The zero-order valence-corrected chi connectivity index (χ0v) is 7.45. The summed E-state index contributed by atoms with van der Waals surface area (Å²) in [6.07, 6.45) is 9.04. The monoisotopic (exact) mass is 174 g/mol. The van der Waals surface area contributed by atoms with Gasteiger partial charge in [0.05, 0.1) is 0 Å². The lowest BCUT2D eigenvalue weighted by atomic mass is 10.2. The standard InChI is InChI=1S/C10H10N2O/c1-3-4-5-9(13)10-11-6-8(2)7-12-10/h1,6-7H,4-5H2,2H3. The molecule has 0 fully saturated rings. The van der Waals surface area contributed by atoms with Gasteiger partial charge in [-0.3, -0.25) is 4.79 Å². The van der Waals surface area contributed by atoms with Crippen LogP contribution in [0.15, 0.2) is 12.4 Å². The van der Waals surface area contributed by atoms with Crippen LogP contribution in [-0.2, 0) is 0 Å². The van der Waals surface area contributed by atoms with Gasteiger partial charge in [0.25, 0.3) is 0 Å². The summed E-state index contributed by atoms with van der Waals surface area (Å²) in [6.45, 7) is 1.87. The minimum atomic E-state index is -0.0991. The van der Waals surface area contributed by atoms with Crippen LogP contribution < -0.4 is 0 Å². The number of rotatable bonds is 3. The number of carbonyl (C=O) groups is 1. The first-order chi connectivity index (χ1) is 6.24. The summed E-state index contributed by atoms with van der Waals surface area (Å²) in [6, 6.07) is 0. The Balaban J connectivity index is 2.68. The first kappa shape index (κ1) is 9.40. The molecular weight excluding hydrogens is 164 g/mol. The van der Waals surface area contributed by atoms with E-state index in [-0.39, 0.29) is 11.6 Å². The van der Waals surface area contributed by atoms with E-state index in [0.717, 1.165) is 5.56 Å². The lowest BCUT2D eigenvalue weighted by Gasteiger charge is -1.96. The first-order valence-electron chi connectivity index (χ1n) is 3.99. The quantitative estimate of drug-likeness (QED) is 0.513. The molecular formula is C10H10N2O. The van der Waals surface area contributed by atoms with Crippen LogP contribution in [-0.4, -0.2) is 15.8 Å². The molecule has 0 saturated carbocycles. The predicted octanol–water partition coefficient (Wildman–Crippen LogP) is 1.38. The van der Waals surface area contributed by atoms with Crippen LogP contribution in [0.2, 0.25) is 0 Å². The molecule has 1 aromatic heterocycles. The van der Waals surface area contributed by atoms with Gasteiger partial charge in [0, 0.05) is 25.2 Å². The van der Waals surface area contributed by atoms with Gasteiger partial charge in [0.1, 0.15) is 0 Å². The Morgan fingerprint density at radius 3 is 2.69 bits per heavy atom. The molecule has 0 saturated heterocycles. The van der Waals surface area contributed by atoms with Crippen LogP contribution in [0.5, 0.6) is 0 Å². The predicted molar refractivity (Wildman–Crippen MR) is 49.2 cm³/mol. The molecule has 66 valence electrons. The second-order valence-electron chi connectivity index (χ2n) is 2.71. The number of terminal acetylenes is 1. The van der Waals surface area contributed by atoms with E-state index in [9.17, 15) is 4.79 Å². The molecule has 0 spiro atoms. The number of aryl methyl sites for hydroxylation is 1. The topological polar surface area (TPSA) is 42.9 Å². The van der Waals surface area contributed by atoms with Crippen LogP contribution in [0, 0.1) is 19.3 Å². The molecule has 0 atom stereocenters. The summed E-state index contributed by atoms with van der Waals surface area (Å²) in [5.74, 6) is 2.56. The molecule has 0 aromatic carbocycles. The number of aromatic nitrogens is 2. The number of nitrogens with zero attached hydrogens (tertiary/aromatic N) is 2. The zero-order chi connectivity index (χ0) is 9.68. The summed E-state index contributed by atoms with van der Waals surface area (Å²) >= 11 is 0. The van der Waals surface area contributed by atoms with Crippen molar-refractivity contribution >= 4 is 5.78 Å². The highest BCUT2D eigenvalue weighted by atomic mass is 16.1. The molecule has 3 nitrogen and oxygen atoms in total. The van der Waals surface area contributed by atoms with Crippen molar-refractivity contribution in [2.75, 3.05) is 0 Å². The van der Waals surface area contributed by atoms with Crippen molar-refractivity contribution in [2.45, 2.75) is 19.8 Å². The van der Waals surface area contributed by atoms with Crippen molar-refractivity contribution in [2.24, 2.45) is 0 Å². The van der Waals surface area contributed by atoms with Crippen molar-refractivity contribution in [3.63, 3.8) is 0 Å². The van der Waals surface area contributed by atoms with E-state index >= 15 is 0 Å². The molecule has 0 aliphatic heterocycles. The molecule has 0 radical (unpaired) electrons. The van der Waals surface area contributed by atoms with Crippen molar-refractivity contribution < 1.29 is 4.79 Å². The molecule has 0 bridgehead atoms. The normalized spacial score (nSPS) is 9.23. The molecule has 0 aliphatic carbocycles. The maximum atomic E-state index is 11.3. The zero-order valence-electron chi connectivity index (χ0n) is 7.45. The molecule has 13 heavy (non-hydrogen) atoms. The number of Topliss-reactive ketones (excluding diaryl/α,β-unsaturated/α-hetero) is 1. The number of ketones is 1. The molecule has 0 amide bonds. The summed E-state index contributed by atoms with van der Waals surface area (Å²) in [5.41, 5.74) is 0.938. The lowest BCUT2D eigenvalue weighted by Crippen LogP contribution is -2.04. The minimum absolute atomic E-state index is 0.0991. The van der Waals surface area contributed by atoms with E-state index in [1.807, 2.05) is 6.92 Å². The van der Waals surface area contributed by atoms with E-state index in [0.29, 0.717) is 12.8 Å². The van der Waals surface area contributed by atoms with E-state index in [1.165, 1.54) is 0 Å². The fraction of sp³-hybridized carbons (Fsp3) is 0.300. The van der Waals surface area contributed by atoms with Gasteiger partial charge in [-0.15, -0.1) is 12.3 Å². The summed E-state index contributed by atoms with van der Waals surface area (Å²) in [5, 5.41) is 0. The molecule has 1 rings (SSSR count). The van der Waals surface area contributed by atoms with Gasteiger partial charge in [0.2, 0.25) is 5.78 Å². The smallest absolute Gasteiger partial charge is 0.200 e. The average molecular weight is 174 g/mol. The molecule has 0 unspecified atom stereocenters. The van der Waals surface area contributed by atoms with Crippen LogP contribution in [0.25, 0.3) is 0 Å². The van der Waals surface area contributed by atoms with Gasteiger partial charge in [-0.1, -0.05) is 0 Å². The highest BCUT2D eigenvalue weighted by molar-refractivity contribution is 5.92. The summed E-state index contributed by atoms with van der Waals surface area (Å²) in [4.78, 5) is 19.1. The van der Waals surface area contributed by atoms with Crippen molar-refractivity contribution in [3.8, 4) is 12.3 Å². The lowest BCUT2D eigenvalue weighted by molar-refractivity contribution is 0.0974. The first-order valence-corrected chi connectivity index (χ1v) is 3.99. The SMILES string of the molecule is C#CCCC(=O)c1ncc(C)cn1. The number of hydrogen-bond donors (Lipinski definition) is 0. The Bertz CT molecular complexity index is 335. The summed E-state index contributed by atoms with van der Waals surface area (Å²) < 4.78 is 0. The van der Waals surface area contributed by atoms with Crippen LogP contribution in [0.3, 0.4) is 0 Å². The van der Waals surface area contributed by atoms with Crippen molar-refractivity contribution in [1.29, 1.82) is 0 Å². The highest BCUT2D eigenvalue weighted by Crippen LogP contribution is 1.99. The number of hydrogen-bond acceptors (Lipinski definition) is 3. The third-order valence-corrected chi connectivity index (χ3v) is 1.53. The second kappa shape index (κ2) is 4.36. The summed E-state index contributed by atoms with van der Waals surface area (Å²) in [7, 11) is 0. The van der Waals surface area contributed by atoms with Gasteiger partial charge in [0.15, 0.2) is 5.82 Å². The van der Waals surface area contributed by atoms with Gasteiger partial charge in [-0.2, -0.15) is 0 Å². The highest BCUT2D eigenvalue weighted by Gasteiger charge is 2.06. The van der Waals surface area contributed by atoms with E-state index in [2.05, 4.69) is 15.9 Å². The fourth-order valence-electron chi connectivity index (χ4n) is 0.834. The maximum absolute atomic E-state index is 11.3. The Morgan fingerprint density at radius 1 is 1.54 bits per heavy atom. The third-order valence-electron chi connectivity index (χ3n) is 1.53. The van der Waals surface area contributed by atoms with Crippen LogP contribution in [0.1, 0.15) is 29.0 Å². The molecule has 3 heteroatoms. The van der Waals surface area contributed by atoms with Gasteiger partial charge < -0.3 is 0 Å². The van der Waals surface area contributed by atoms with E-state index in [4.69, 9.17) is 6.42 Å². The molecule has 0 aliphatic rings. The second-order valence-corrected chi connectivity index (χ2v) is 2.71. The van der Waals surface area contributed by atoms with Crippen LogP contribution >= 0.6 is 0 Å². The van der Waals surface area contributed by atoms with Crippen LogP contribution in [0.4, 0.5) is 0 Å². The van der Waals surface area contributed by atoms with Gasteiger partial charge in [-0.05, 0) is 12.5 Å². The van der Waals surface area contributed by atoms with E-state index in [1.54, 1.807) is 12.4 Å². The maximum Gasteiger partial charge on any atom is 0.200 e. The van der Waals surface area contributed by atoms with E-state index < -0.39 is 0 Å². The molecule has 1 aromatic rings.